The van der Waals surface area contributed by atoms with Gasteiger partial charge in [-0.25, -0.2) is 0 Å². The van der Waals surface area contributed by atoms with Crippen LogP contribution in [0.3, 0.4) is 0 Å². The number of para-hydroxylation sites is 1. The number of hydrogen-bond acceptors (Lipinski definition) is 7. The van der Waals surface area contributed by atoms with Gasteiger partial charge in [-0.05, 0) is 60.5 Å². The number of benzene rings is 2. The number of amidine groups is 2. The molecule has 0 fully saturated rings. The number of hydrazone groups is 1. The number of ether oxygens (including phenoxy) is 3. The van der Waals surface area contributed by atoms with Gasteiger partial charge in [-0.1, -0.05) is 37.6 Å². The highest BCUT2D eigenvalue weighted by atomic mass is 32.2. The van der Waals surface area contributed by atoms with Crippen molar-refractivity contribution in [2.24, 2.45) is 10.1 Å². The molecule has 0 saturated heterocycles. The predicted octanol–water partition coefficient (Wildman–Crippen LogP) is 4.96. The van der Waals surface area contributed by atoms with Gasteiger partial charge in [-0.2, -0.15) is 15.1 Å². The first-order valence-electron chi connectivity index (χ1n) is 11.1. The Labute approximate surface area is 202 Å². The molecule has 0 radical (unpaired) electrons. The fraction of sp³-hybridized carbons (Fsp3) is 0.280. The summed E-state index contributed by atoms with van der Waals surface area (Å²) in [5.74, 6) is 1.43. The molecular formula is C25H26N4O4S. The number of thioether (sulfide) groups is 1. The van der Waals surface area contributed by atoms with Gasteiger partial charge in [0.05, 0.1) is 12.7 Å². The van der Waals surface area contributed by atoms with Crippen LogP contribution in [0.15, 0.2) is 64.2 Å². The zero-order valence-electron chi connectivity index (χ0n) is 19.1. The highest BCUT2D eigenvalue weighted by molar-refractivity contribution is 8.26. The van der Waals surface area contributed by atoms with E-state index in [1.165, 1.54) is 16.8 Å². The second kappa shape index (κ2) is 11.0. The van der Waals surface area contributed by atoms with Gasteiger partial charge in [-0.15, -0.1) is 0 Å². The van der Waals surface area contributed by atoms with E-state index in [0.29, 0.717) is 35.4 Å². The lowest BCUT2D eigenvalue weighted by molar-refractivity contribution is -0.114. The number of rotatable bonds is 10. The Kier molecular flexibility index (Phi) is 7.64. The number of hydrogen-bond donors (Lipinski definition) is 1. The van der Waals surface area contributed by atoms with Gasteiger partial charge in [0.2, 0.25) is 5.17 Å². The maximum absolute atomic E-state index is 12.6. The van der Waals surface area contributed by atoms with Gasteiger partial charge in [0.15, 0.2) is 17.3 Å². The Morgan fingerprint density at radius 1 is 1.09 bits per heavy atom. The molecule has 9 heteroatoms. The van der Waals surface area contributed by atoms with Crippen LogP contribution < -0.4 is 14.2 Å². The SMILES string of the molecule is CCCCC1=NN2C(=N)/C(=C/c3ccc(OCCOc4ccccc4)c(OC)c3)C(=O)N=C2S1. The molecule has 0 bridgehead atoms. The smallest absolute Gasteiger partial charge is 0.283 e. The highest BCUT2D eigenvalue weighted by Gasteiger charge is 2.35. The Morgan fingerprint density at radius 2 is 1.88 bits per heavy atom. The average molecular weight is 479 g/mol. The topological polar surface area (TPSA) is 96.6 Å². The quantitative estimate of drug-likeness (QED) is 0.383. The van der Waals surface area contributed by atoms with Crippen LogP contribution in [0, 0.1) is 5.41 Å². The normalized spacial score (nSPS) is 16.3. The predicted molar refractivity (Wildman–Crippen MR) is 135 cm³/mol. The van der Waals surface area contributed by atoms with E-state index >= 15 is 0 Å². The van der Waals surface area contributed by atoms with E-state index in [-0.39, 0.29) is 11.4 Å². The molecule has 2 aromatic carbocycles. The monoisotopic (exact) mass is 478 g/mol. The van der Waals surface area contributed by atoms with E-state index in [2.05, 4.69) is 17.0 Å². The number of methoxy groups -OCH3 is 1. The lowest BCUT2D eigenvalue weighted by Gasteiger charge is -2.20. The number of nitrogens with one attached hydrogen (secondary N) is 1. The third-order valence-electron chi connectivity index (χ3n) is 5.09. The summed E-state index contributed by atoms with van der Waals surface area (Å²) >= 11 is 1.36. The summed E-state index contributed by atoms with van der Waals surface area (Å²) in [6, 6.07) is 14.9. The summed E-state index contributed by atoms with van der Waals surface area (Å²) in [5.41, 5.74) is 0.871. The van der Waals surface area contributed by atoms with E-state index < -0.39 is 5.91 Å². The molecule has 0 atom stereocenters. The average Bonchev–Trinajstić information content (AvgIpc) is 3.27. The standard InChI is InChI=1S/C25H26N4O4S/c1-3-4-10-22-28-29-23(26)19(24(30)27-25(29)34-22)15-17-11-12-20(21(16-17)31-2)33-14-13-32-18-8-6-5-7-9-18/h5-9,11-12,15-16,26H,3-4,10,13-14H2,1-2H3/b19-15-,26-23?. The van der Waals surface area contributed by atoms with Crippen molar-refractivity contribution >= 4 is 39.8 Å². The molecule has 8 nitrogen and oxygen atoms in total. The Balaban J connectivity index is 1.44. The van der Waals surface area contributed by atoms with Crippen molar-refractivity contribution in [3.63, 3.8) is 0 Å². The number of fused-ring (bicyclic) bond motifs is 1. The molecule has 0 aromatic heterocycles. The molecule has 0 unspecified atom stereocenters. The molecule has 0 saturated carbocycles. The Hall–Kier alpha value is -3.59. The summed E-state index contributed by atoms with van der Waals surface area (Å²) in [7, 11) is 1.55. The van der Waals surface area contributed by atoms with Crippen LogP contribution in [0.5, 0.6) is 17.2 Å². The van der Waals surface area contributed by atoms with Crippen molar-refractivity contribution in [2.75, 3.05) is 20.3 Å². The first kappa shape index (κ1) is 23.6. The van der Waals surface area contributed by atoms with Crippen LogP contribution in [-0.2, 0) is 4.79 Å². The van der Waals surface area contributed by atoms with Crippen molar-refractivity contribution in [3.8, 4) is 17.2 Å². The number of amides is 1. The van der Waals surface area contributed by atoms with Gasteiger partial charge in [0, 0.05) is 0 Å². The van der Waals surface area contributed by atoms with Crippen LogP contribution in [0.1, 0.15) is 31.7 Å². The van der Waals surface area contributed by atoms with E-state index in [1.807, 2.05) is 30.3 Å². The minimum atomic E-state index is -0.451. The molecule has 176 valence electrons. The Morgan fingerprint density at radius 3 is 2.65 bits per heavy atom. The molecule has 2 aliphatic heterocycles. The van der Waals surface area contributed by atoms with Crippen molar-refractivity contribution in [1.82, 2.24) is 5.01 Å². The largest absolute Gasteiger partial charge is 0.493 e. The van der Waals surface area contributed by atoms with Gasteiger partial charge in [0.25, 0.3) is 5.91 Å². The minimum Gasteiger partial charge on any atom is -0.493 e. The van der Waals surface area contributed by atoms with Crippen LogP contribution in [0.25, 0.3) is 6.08 Å². The van der Waals surface area contributed by atoms with E-state index in [4.69, 9.17) is 19.6 Å². The summed E-state index contributed by atoms with van der Waals surface area (Å²) in [6.45, 7) is 2.84. The number of nitrogens with zero attached hydrogens (tertiary/aromatic N) is 3. The summed E-state index contributed by atoms with van der Waals surface area (Å²) in [4.78, 5) is 16.8. The van der Waals surface area contributed by atoms with Crippen molar-refractivity contribution in [3.05, 3.63) is 59.7 Å². The zero-order chi connectivity index (χ0) is 23.9. The maximum atomic E-state index is 12.6. The Bertz CT molecular complexity index is 1160. The van der Waals surface area contributed by atoms with E-state index in [1.54, 1.807) is 31.4 Å². The van der Waals surface area contributed by atoms with Crippen molar-refractivity contribution in [1.29, 1.82) is 5.41 Å². The number of aliphatic imine (C=N–C) groups is 1. The van der Waals surface area contributed by atoms with Crippen LogP contribution in [-0.4, -0.2) is 47.3 Å². The molecule has 2 aliphatic rings. The number of carbonyl (C=O) groups excluding carboxylic acids is 1. The van der Waals surface area contributed by atoms with Gasteiger partial charge < -0.3 is 14.2 Å². The molecule has 34 heavy (non-hydrogen) atoms. The summed E-state index contributed by atoms with van der Waals surface area (Å²) < 4.78 is 16.9. The molecule has 2 aromatic rings. The maximum Gasteiger partial charge on any atom is 0.283 e. The van der Waals surface area contributed by atoms with Gasteiger partial charge in [0.1, 0.15) is 24.0 Å². The fourth-order valence-electron chi connectivity index (χ4n) is 3.35. The lowest BCUT2D eigenvalue weighted by atomic mass is 10.1. The van der Waals surface area contributed by atoms with Crippen LogP contribution in [0.2, 0.25) is 0 Å². The van der Waals surface area contributed by atoms with E-state index in [0.717, 1.165) is 30.1 Å². The third-order valence-corrected chi connectivity index (χ3v) is 6.06. The molecule has 0 spiro atoms. The molecular weight excluding hydrogens is 452 g/mol. The van der Waals surface area contributed by atoms with Crippen LogP contribution in [0.4, 0.5) is 0 Å². The minimum absolute atomic E-state index is 0.0198. The first-order chi connectivity index (χ1) is 16.6. The van der Waals surface area contributed by atoms with Gasteiger partial charge >= 0.3 is 0 Å². The second-order valence-electron chi connectivity index (χ2n) is 7.54. The van der Waals surface area contributed by atoms with Crippen LogP contribution >= 0.6 is 11.8 Å². The number of carbonyl (C=O) groups is 1. The molecule has 4 rings (SSSR count). The van der Waals surface area contributed by atoms with Crippen molar-refractivity contribution < 1.29 is 19.0 Å². The molecule has 2 heterocycles. The first-order valence-corrected chi connectivity index (χ1v) is 11.9. The highest BCUT2D eigenvalue weighted by Crippen LogP contribution is 2.32. The molecule has 1 N–H and O–H groups in total. The zero-order valence-corrected chi connectivity index (χ0v) is 19.9. The second-order valence-corrected chi connectivity index (χ2v) is 8.58. The molecule has 1 amide bonds. The van der Waals surface area contributed by atoms with Gasteiger partial charge in [-0.3, -0.25) is 10.2 Å². The fourth-order valence-corrected chi connectivity index (χ4v) is 4.28. The molecule has 0 aliphatic carbocycles. The number of unbranched alkanes of at least 4 members (excludes halogenated alkanes) is 1. The third kappa shape index (κ3) is 5.48. The summed E-state index contributed by atoms with van der Waals surface area (Å²) in [5, 5.41) is 15.7. The van der Waals surface area contributed by atoms with E-state index in [9.17, 15) is 4.79 Å². The summed E-state index contributed by atoms with van der Waals surface area (Å²) in [6.07, 6.45) is 4.49. The lowest BCUT2D eigenvalue weighted by Crippen LogP contribution is -2.35. The van der Waals surface area contributed by atoms with Crippen molar-refractivity contribution in [2.45, 2.75) is 26.2 Å².